The van der Waals surface area contributed by atoms with Crippen molar-refractivity contribution in [3.8, 4) is 0 Å². The molecule has 1 aliphatic heterocycles. The largest absolute Gasteiger partial charge is 0.390 e. The first-order chi connectivity index (χ1) is 8.26. The average molecular weight is 242 g/mol. The normalized spacial score (nSPS) is 22.6. The van der Waals surface area contributed by atoms with E-state index in [1.807, 2.05) is 0 Å². The Morgan fingerprint density at radius 2 is 2.47 bits per heavy atom. The van der Waals surface area contributed by atoms with Gasteiger partial charge in [-0.2, -0.15) is 5.10 Å². The molecule has 2 atom stereocenters. The van der Waals surface area contributed by atoms with Crippen molar-refractivity contribution < 1.29 is 19.7 Å². The molecular weight excluding hydrogens is 224 g/mol. The van der Waals surface area contributed by atoms with Gasteiger partial charge in [0.05, 0.1) is 18.0 Å². The minimum atomic E-state index is -1.05. The Kier molecular flexibility index (Phi) is 4.11. The second-order valence-corrected chi connectivity index (χ2v) is 4.07. The quantitative estimate of drug-likeness (QED) is 0.760. The molecule has 0 aliphatic carbocycles. The lowest BCUT2D eigenvalue weighted by Gasteiger charge is -2.25. The first-order valence-corrected chi connectivity index (χ1v) is 5.78. The lowest BCUT2D eigenvalue weighted by molar-refractivity contribution is -0.0967. The van der Waals surface area contributed by atoms with Crippen molar-refractivity contribution >= 4 is 0 Å². The van der Waals surface area contributed by atoms with Crippen LogP contribution in [-0.2, 0) is 16.1 Å². The highest BCUT2D eigenvalue weighted by Crippen LogP contribution is 2.26. The molecule has 0 aromatic carbocycles. The minimum absolute atomic E-state index is 0.164. The molecule has 0 amide bonds. The Bertz CT molecular complexity index is 360. The highest BCUT2D eigenvalue weighted by atomic mass is 16.6. The van der Waals surface area contributed by atoms with E-state index >= 15 is 0 Å². The SMILES string of the molecule is COC(O)c1cc(CO)nn1C1CCCCO1. The Labute approximate surface area is 99.8 Å². The fourth-order valence-corrected chi connectivity index (χ4v) is 1.99. The van der Waals surface area contributed by atoms with Crippen LogP contribution in [0.5, 0.6) is 0 Å². The predicted octanol–water partition coefficient (Wildman–Crippen LogP) is 0.712. The van der Waals surface area contributed by atoms with Gasteiger partial charge in [-0.25, -0.2) is 4.68 Å². The van der Waals surface area contributed by atoms with E-state index in [1.54, 1.807) is 10.7 Å². The van der Waals surface area contributed by atoms with Crippen LogP contribution in [0.15, 0.2) is 6.07 Å². The Hall–Kier alpha value is -0.950. The topological polar surface area (TPSA) is 76.7 Å². The number of rotatable bonds is 4. The Morgan fingerprint density at radius 1 is 1.65 bits per heavy atom. The van der Waals surface area contributed by atoms with Crippen molar-refractivity contribution in [3.05, 3.63) is 17.5 Å². The summed E-state index contributed by atoms with van der Waals surface area (Å²) in [5.74, 6) is 0. The number of hydrogen-bond donors (Lipinski definition) is 2. The van der Waals surface area contributed by atoms with Crippen LogP contribution < -0.4 is 0 Å². The molecule has 0 radical (unpaired) electrons. The van der Waals surface area contributed by atoms with Gasteiger partial charge >= 0.3 is 0 Å². The molecule has 1 aliphatic rings. The van der Waals surface area contributed by atoms with Crippen molar-refractivity contribution in [2.24, 2.45) is 0 Å². The van der Waals surface area contributed by atoms with Crippen LogP contribution in [0.1, 0.15) is 43.2 Å². The molecule has 1 saturated heterocycles. The molecule has 0 bridgehead atoms. The Morgan fingerprint density at radius 3 is 3.06 bits per heavy atom. The molecule has 96 valence electrons. The fraction of sp³-hybridized carbons (Fsp3) is 0.727. The van der Waals surface area contributed by atoms with Gasteiger partial charge < -0.3 is 19.7 Å². The molecular formula is C11H18N2O4. The monoisotopic (exact) mass is 242 g/mol. The van der Waals surface area contributed by atoms with Gasteiger partial charge in [-0.05, 0) is 25.3 Å². The van der Waals surface area contributed by atoms with Crippen molar-refractivity contribution in [1.29, 1.82) is 0 Å². The molecule has 1 aromatic heterocycles. The maximum atomic E-state index is 9.73. The van der Waals surface area contributed by atoms with Crippen LogP contribution in [0, 0.1) is 0 Å². The molecule has 17 heavy (non-hydrogen) atoms. The van der Waals surface area contributed by atoms with E-state index in [4.69, 9.17) is 14.6 Å². The third-order valence-electron chi connectivity index (χ3n) is 2.88. The summed E-state index contributed by atoms with van der Waals surface area (Å²) >= 11 is 0. The second kappa shape index (κ2) is 5.59. The molecule has 2 rings (SSSR count). The number of hydrogen-bond acceptors (Lipinski definition) is 5. The summed E-state index contributed by atoms with van der Waals surface area (Å²) in [6, 6.07) is 1.63. The van der Waals surface area contributed by atoms with E-state index in [9.17, 15) is 5.11 Å². The van der Waals surface area contributed by atoms with Crippen LogP contribution in [0.3, 0.4) is 0 Å². The van der Waals surface area contributed by atoms with Gasteiger partial charge in [0, 0.05) is 13.7 Å². The predicted molar refractivity (Wildman–Crippen MR) is 59.0 cm³/mol. The molecule has 0 spiro atoms. The number of aliphatic hydroxyl groups is 2. The van der Waals surface area contributed by atoms with Crippen molar-refractivity contribution in [2.45, 2.75) is 38.4 Å². The van der Waals surface area contributed by atoms with Crippen LogP contribution in [-0.4, -0.2) is 33.7 Å². The highest BCUT2D eigenvalue weighted by Gasteiger charge is 2.23. The summed E-state index contributed by atoms with van der Waals surface area (Å²) in [7, 11) is 1.42. The number of ether oxygens (including phenoxy) is 2. The van der Waals surface area contributed by atoms with Gasteiger partial charge in [0.2, 0.25) is 0 Å². The van der Waals surface area contributed by atoms with Crippen LogP contribution in [0.2, 0.25) is 0 Å². The molecule has 6 nitrogen and oxygen atoms in total. The number of aromatic nitrogens is 2. The first-order valence-electron chi connectivity index (χ1n) is 5.78. The zero-order valence-electron chi connectivity index (χ0n) is 9.87. The van der Waals surface area contributed by atoms with E-state index in [0.29, 0.717) is 18.0 Å². The van der Waals surface area contributed by atoms with Crippen molar-refractivity contribution in [1.82, 2.24) is 9.78 Å². The Balaban J connectivity index is 2.26. The maximum Gasteiger partial charge on any atom is 0.198 e. The minimum Gasteiger partial charge on any atom is -0.390 e. The van der Waals surface area contributed by atoms with Crippen molar-refractivity contribution in [3.63, 3.8) is 0 Å². The molecule has 2 N–H and O–H groups in total. The molecule has 2 unspecified atom stereocenters. The smallest absolute Gasteiger partial charge is 0.198 e. The molecule has 1 fully saturated rings. The summed E-state index contributed by atoms with van der Waals surface area (Å²) in [5.41, 5.74) is 1.02. The third-order valence-corrected chi connectivity index (χ3v) is 2.88. The first kappa shape index (κ1) is 12.5. The summed E-state index contributed by atoms with van der Waals surface area (Å²) in [4.78, 5) is 0. The summed E-state index contributed by atoms with van der Waals surface area (Å²) in [6.07, 6.45) is 1.75. The molecule has 6 heteroatoms. The van der Waals surface area contributed by atoms with E-state index in [1.165, 1.54) is 7.11 Å². The molecule has 1 aromatic rings. The van der Waals surface area contributed by atoms with E-state index < -0.39 is 6.29 Å². The van der Waals surface area contributed by atoms with Crippen LogP contribution >= 0.6 is 0 Å². The van der Waals surface area contributed by atoms with Crippen LogP contribution in [0.25, 0.3) is 0 Å². The maximum absolute atomic E-state index is 9.73. The number of nitrogens with zero attached hydrogens (tertiary/aromatic N) is 2. The van der Waals surface area contributed by atoms with Gasteiger partial charge in [0.25, 0.3) is 0 Å². The zero-order chi connectivity index (χ0) is 12.3. The fourth-order valence-electron chi connectivity index (χ4n) is 1.99. The van der Waals surface area contributed by atoms with E-state index in [-0.39, 0.29) is 12.8 Å². The van der Waals surface area contributed by atoms with Gasteiger partial charge in [-0.3, -0.25) is 0 Å². The summed E-state index contributed by atoms with van der Waals surface area (Å²) in [5, 5.41) is 23.0. The number of aliphatic hydroxyl groups excluding tert-OH is 2. The zero-order valence-corrected chi connectivity index (χ0v) is 9.87. The van der Waals surface area contributed by atoms with Gasteiger partial charge in [-0.15, -0.1) is 0 Å². The van der Waals surface area contributed by atoms with Gasteiger partial charge in [-0.1, -0.05) is 0 Å². The number of methoxy groups -OCH3 is 1. The standard InChI is InChI=1S/C11H18N2O4/c1-16-11(15)9-6-8(7-14)12-13(9)10-4-2-3-5-17-10/h6,10-11,14-15H,2-5,7H2,1H3. The lowest BCUT2D eigenvalue weighted by Crippen LogP contribution is -2.22. The highest BCUT2D eigenvalue weighted by molar-refractivity contribution is 5.11. The molecule has 2 heterocycles. The summed E-state index contributed by atoms with van der Waals surface area (Å²) < 4.78 is 12.1. The third kappa shape index (κ3) is 2.66. The lowest BCUT2D eigenvalue weighted by atomic mass is 10.2. The second-order valence-electron chi connectivity index (χ2n) is 4.07. The van der Waals surface area contributed by atoms with Crippen molar-refractivity contribution in [2.75, 3.05) is 13.7 Å². The van der Waals surface area contributed by atoms with E-state index in [0.717, 1.165) is 19.3 Å². The summed E-state index contributed by atoms with van der Waals surface area (Å²) in [6.45, 7) is 0.532. The van der Waals surface area contributed by atoms with Gasteiger partial charge in [0.1, 0.15) is 0 Å². The van der Waals surface area contributed by atoms with Gasteiger partial charge in [0.15, 0.2) is 12.5 Å². The van der Waals surface area contributed by atoms with E-state index in [2.05, 4.69) is 5.10 Å². The average Bonchev–Trinajstić information content (AvgIpc) is 2.83. The van der Waals surface area contributed by atoms with Crippen LogP contribution in [0.4, 0.5) is 0 Å². The molecule has 0 saturated carbocycles.